The van der Waals surface area contributed by atoms with Crippen LogP contribution in [0.3, 0.4) is 0 Å². The molecule has 0 atom stereocenters. The standard InChI is InChI=1S/C35H43FN8/c1-8-43(9-2)22(3)17-18-37-23(4)25-13-12-14-26(19-25)30-31-33-29(42(7)24(5)44(33)27-15-10-11-16-27)20-38-35(31)39-32(30)28-21-41(6)40-34(28)36/h12-14,19-21,27,37H,3-5,8-11,15-18H2,1-2,6-7H3,(H,38,39). The number of H-pyrrole nitrogens is 1. The summed E-state index contributed by atoms with van der Waals surface area (Å²) in [7, 11) is 3.78. The number of aryl methyl sites for hydroxylation is 1. The molecule has 0 unspecified atom stereocenters. The quantitative estimate of drug-likeness (QED) is 0.191. The van der Waals surface area contributed by atoms with E-state index in [1.54, 1.807) is 13.2 Å². The van der Waals surface area contributed by atoms with Crippen LogP contribution in [0.15, 0.2) is 67.9 Å². The Morgan fingerprint density at radius 1 is 1.16 bits per heavy atom. The van der Waals surface area contributed by atoms with E-state index in [0.717, 1.165) is 89.6 Å². The fourth-order valence-electron chi connectivity index (χ4n) is 6.87. The minimum absolute atomic E-state index is 0.361. The summed E-state index contributed by atoms with van der Waals surface area (Å²) in [5.74, 6) is 0.418. The lowest BCUT2D eigenvalue weighted by molar-refractivity contribution is 0.369. The highest BCUT2D eigenvalue weighted by molar-refractivity contribution is 6.13. The van der Waals surface area contributed by atoms with Crippen molar-refractivity contribution < 1.29 is 4.39 Å². The van der Waals surface area contributed by atoms with E-state index in [0.29, 0.717) is 22.9 Å². The molecule has 4 heterocycles. The van der Waals surface area contributed by atoms with Gasteiger partial charge in [-0.25, -0.2) is 4.98 Å². The van der Waals surface area contributed by atoms with Crippen LogP contribution in [0.4, 0.5) is 15.8 Å². The number of anilines is 2. The summed E-state index contributed by atoms with van der Waals surface area (Å²) in [5.41, 5.74) is 8.61. The van der Waals surface area contributed by atoms with Gasteiger partial charge in [0.15, 0.2) is 0 Å². The van der Waals surface area contributed by atoms with E-state index in [1.807, 2.05) is 19.3 Å². The third kappa shape index (κ3) is 5.04. The van der Waals surface area contributed by atoms with Crippen LogP contribution in [-0.2, 0) is 7.05 Å². The highest BCUT2D eigenvalue weighted by atomic mass is 19.1. The Balaban J connectivity index is 1.46. The Kier molecular flexibility index (Phi) is 7.97. The molecule has 1 aromatic carbocycles. The van der Waals surface area contributed by atoms with Crippen molar-refractivity contribution in [1.82, 2.24) is 30.0 Å². The number of hydrogen-bond acceptors (Lipinski definition) is 6. The molecule has 6 rings (SSSR count). The minimum Gasteiger partial charge on any atom is -0.385 e. The molecule has 1 saturated carbocycles. The van der Waals surface area contributed by atoms with Gasteiger partial charge in [0.25, 0.3) is 0 Å². The first kappa shape index (κ1) is 29.5. The summed E-state index contributed by atoms with van der Waals surface area (Å²) in [6.45, 7) is 20.0. The van der Waals surface area contributed by atoms with Gasteiger partial charge < -0.3 is 25.0 Å². The number of pyridine rings is 1. The van der Waals surface area contributed by atoms with E-state index >= 15 is 4.39 Å². The zero-order chi connectivity index (χ0) is 31.1. The normalized spacial score (nSPS) is 15.0. The molecule has 0 radical (unpaired) electrons. The van der Waals surface area contributed by atoms with Crippen molar-refractivity contribution in [3.05, 3.63) is 79.4 Å². The van der Waals surface area contributed by atoms with Gasteiger partial charge in [-0.1, -0.05) is 50.8 Å². The number of aromatic nitrogens is 4. The molecule has 230 valence electrons. The Labute approximate surface area is 259 Å². The zero-order valence-electron chi connectivity index (χ0n) is 26.4. The summed E-state index contributed by atoms with van der Waals surface area (Å²) in [4.78, 5) is 15.1. The van der Waals surface area contributed by atoms with Crippen molar-refractivity contribution in [3.8, 4) is 22.4 Å². The summed E-state index contributed by atoms with van der Waals surface area (Å²) in [5, 5.41) is 8.49. The maximum absolute atomic E-state index is 15.3. The average Bonchev–Trinajstić information content (AvgIpc) is 3.79. The maximum atomic E-state index is 15.3. The number of halogens is 1. The first-order valence-electron chi connectivity index (χ1n) is 15.7. The van der Waals surface area contributed by atoms with Gasteiger partial charge in [-0.15, -0.1) is 5.10 Å². The molecule has 0 spiro atoms. The molecule has 2 aliphatic rings. The second-order valence-corrected chi connectivity index (χ2v) is 11.9. The van der Waals surface area contributed by atoms with Crippen molar-refractivity contribution in [2.45, 2.75) is 52.0 Å². The molecular formula is C35H43FN8. The van der Waals surface area contributed by atoms with Crippen LogP contribution in [0.25, 0.3) is 39.1 Å². The van der Waals surface area contributed by atoms with Gasteiger partial charge in [-0.3, -0.25) is 4.68 Å². The molecule has 4 aromatic rings. The lowest BCUT2D eigenvalue weighted by Crippen LogP contribution is -2.33. The number of nitrogens with one attached hydrogen (secondary N) is 2. The van der Waals surface area contributed by atoms with Gasteiger partial charge in [-0.2, -0.15) is 4.39 Å². The van der Waals surface area contributed by atoms with Crippen LogP contribution in [-0.4, -0.2) is 57.4 Å². The molecule has 8 nitrogen and oxygen atoms in total. The monoisotopic (exact) mass is 594 g/mol. The largest absolute Gasteiger partial charge is 0.385 e. The number of benzene rings is 1. The fraction of sp³-hybridized carbons (Fsp3) is 0.371. The molecule has 0 amide bonds. The zero-order valence-corrected chi connectivity index (χ0v) is 26.4. The maximum Gasteiger partial charge on any atom is 0.241 e. The van der Waals surface area contributed by atoms with Crippen molar-refractivity contribution in [1.29, 1.82) is 0 Å². The van der Waals surface area contributed by atoms with Crippen LogP contribution in [0, 0.1) is 5.95 Å². The highest BCUT2D eigenvalue weighted by Gasteiger charge is 2.38. The van der Waals surface area contributed by atoms with Crippen molar-refractivity contribution in [3.63, 3.8) is 0 Å². The van der Waals surface area contributed by atoms with E-state index in [4.69, 9.17) is 4.98 Å². The molecule has 0 saturated heterocycles. The number of rotatable bonds is 11. The fourth-order valence-corrected chi connectivity index (χ4v) is 6.87. The Bertz CT molecular complexity index is 1740. The molecule has 1 fully saturated rings. The van der Waals surface area contributed by atoms with E-state index in [9.17, 15) is 0 Å². The van der Waals surface area contributed by atoms with Crippen molar-refractivity contribution >= 4 is 28.1 Å². The summed E-state index contributed by atoms with van der Waals surface area (Å²) in [6.07, 6.45) is 9.08. The molecule has 1 aliphatic heterocycles. The van der Waals surface area contributed by atoms with Crippen molar-refractivity contribution in [2.24, 2.45) is 7.05 Å². The SMILES string of the molecule is C=C(NCCC(=C)N(CC)CC)c1cccc(-c2c(-c3cn(C)nc3F)[nH]c3ncc4c(c23)N(C2CCCC2)C(=C)N4C)c1. The molecule has 1 aliphatic carbocycles. The third-order valence-corrected chi connectivity index (χ3v) is 9.25. The van der Waals surface area contributed by atoms with Crippen LogP contribution in [0.5, 0.6) is 0 Å². The van der Waals surface area contributed by atoms with Gasteiger partial charge in [-0.05, 0) is 43.9 Å². The molecule has 9 heteroatoms. The number of fused-ring (bicyclic) bond motifs is 3. The van der Waals surface area contributed by atoms with Gasteiger partial charge in [0.1, 0.15) is 11.5 Å². The summed E-state index contributed by atoms with van der Waals surface area (Å²) in [6, 6.07) is 8.65. The van der Waals surface area contributed by atoms with Gasteiger partial charge in [0.05, 0.1) is 34.2 Å². The smallest absolute Gasteiger partial charge is 0.241 e. The molecular weight excluding hydrogens is 551 g/mol. The topological polar surface area (TPSA) is 68.2 Å². The van der Waals surface area contributed by atoms with Crippen LogP contribution in [0.1, 0.15) is 51.5 Å². The Morgan fingerprint density at radius 3 is 2.59 bits per heavy atom. The lowest BCUT2D eigenvalue weighted by Gasteiger charge is -2.28. The predicted molar refractivity (Wildman–Crippen MR) is 180 cm³/mol. The first-order chi connectivity index (χ1) is 21.2. The Hall–Kier alpha value is -4.53. The van der Waals surface area contributed by atoms with Crippen molar-refractivity contribution in [2.75, 3.05) is 36.5 Å². The number of hydrogen-bond donors (Lipinski definition) is 2. The van der Waals surface area contributed by atoms with E-state index in [-0.39, 0.29) is 0 Å². The Morgan fingerprint density at radius 2 is 1.91 bits per heavy atom. The summed E-state index contributed by atoms with van der Waals surface area (Å²) >= 11 is 0. The van der Waals surface area contributed by atoms with E-state index < -0.39 is 5.95 Å². The summed E-state index contributed by atoms with van der Waals surface area (Å²) < 4.78 is 16.8. The lowest BCUT2D eigenvalue weighted by atomic mass is 9.96. The average molecular weight is 595 g/mol. The van der Waals surface area contributed by atoms with Gasteiger partial charge in [0.2, 0.25) is 5.95 Å². The van der Waals surface area contributed by atoms with Gasteiger partial charge in [0, 0.05) is 69.3 Å². The molecule has 0 bridgehead atoms. The molecule has 44 heavy (non-hydrogen) atoms. The van der Waals surface area contributed by atoms with E-state index in [1.165, 1.54) is 17.5 Å². The van der Waals surface area contributed by atoms with Crippen LogP contribution in [0.2, 0.25) is 0 Å². The van der Waals surface area contributed by atoms with Crippen LogP contribution >= 0.6 is 0 Å². The minimum atomic E-state index is -0.526. The second-order valence-electron chi connectivity index (χ2n) is 11.9. The van der Waals surface area contributed by atoms with E-state index in [2.05, 4.69) is 81.9 Å². The second kappa shape index (κ2) is 11.9. The number of nitrogens with zero attached hydrogens (tertiary/aromatic N) is 6. The predicted octanol–water partition coefficient (Wildman–Crippen LogP) is 7.25. The van der Waals surface area contributed by atoms with Gasteiger partial charge >= 0.3 is 0 Å². The van der Waals surface area contributed by atoms with Crippen LogP contribution < -0.4 is 15.1 Å². The third-order valence-electron chi connectivity index (χ3n) is 9.25. The first-order valence-corrected chi connectivity index (χ1v) is 15.7. The molecule has 3 aromatic heterocycles. The highest BCUT2D eigenvalue weighted by Crippen LogP contribution is 2.52. The number of aromatic amines is 1. The molecule has 2 N–H and O–H groups in total.